The Labute approximate surface area is 117 Å². The Kier molecular flexibility index (Phi) is 3.69. The Hall–Kier alpha value is -2.27. The number of hydrogen-bond donors (Lipinski definition) is 0. The predicted molar refractivity (Wildman–Crippen MR) is 73.1 cm³/mol. The molecule has 1 aliphatic rings. The van der Waals surface area contributed by atoms with Crippen LogP contribution in [0.15, 0.2) is 48.9 Å². The third-order valence-corrected chi connectivity index (χ3v) is 3.30. The van der Waals surface area contributed by atoms with Gasteiger partial charge in [-0.05, 0) is 24.3 Å². The molecule has 1 amide bonds. The van der Waals surface area contributed by atoms with Crippen molar-refractivity contribution < 1.29 is 9.53 Å². The van der Waals surface area contributed by atoms with E-state index in [9.17, 15) is 4.79 Å². The monoisotopic (exact) mass is 269 g/mol. The van der Waals surface area contributed by atoms with Gasteiger partial charge in [0.1, 0.15) is 6.10 Å². The molecule has 20 heavy (non-hydrogen) atoms. The molecule has 0 radical (unpaired) electrons. The first-order valence-corrected chi connectivity index (χ1v) is 6.56. The Morgan fingerprint density at radius 1 is 1.20 bits per heavy atom. The molecule has 5 heteroatoms. The molecule has 2 aromatic rings. The summed E-state index contributed by atoms with van der Waals surface area (Å²) in [5.74, 6) is 0.0108. The SMILES string of the molecule is O=C(c1ccncc1)N1CCO[C@H](c2ccccn2)C1. The number of rotatable bonds is 2. The van der Waals surface area contributed by atoms with Crippen LogP contribution < -0.4 is 0 Å². The van der Waals surface area contributed by atoms with E-state index in [4.69, 9.17) is 4.74 Å². The van der Waals surface area contributed by atoms with Crippen molar-refractivity contribution in [3.05, 3.63) is 60.2 Å². The van der Waals surface area contributed by atoms with E-state index in [1.54, 1.807) is 35.6 Å². The number of morpholine rings is 1. The Morgan fingerprint density at radius 2 is 2.05 bits per heavy atom. The number of aromatic nitrogens is 2. The summed E-state index contributed by atoms with van der Waals surface area (Å²) < 4.78 is 5.71. The topological polar surface area (TPSA) is 55.3 Å². The van der Waals surface area contributed by atoms with Crippen LogP contribution in [0.1, 0.15) is 22.2 Å². The molecular weight excluding hydrogens is 254 g/mol. The highest BCUT2D eigenvalue weighted by molar-refractivity contribution is 5.94. The third kappa shape index (κ3) is 2.67. The van der Waals surface area contributed by atoms with E-state index in [0.29, 0.717) is 25.3 Å². The van der Waals surface area contributed by atoms with Gasteiger partial charge in [0.15, 0.2) is 0 Å². The summed E-state index contributed by atoms with van der Waals surface area (Å²) >= 11 is 0. The van der Waals surface area contributed by atoms with Crippen molar-refractivity contribution >= 4 is 5.91 Å². The first kappa shape index (κ1) is 12.7. The Morgan fingerprint density at radius 3 is 2.80 bits per heavy atom. The number of carbonyl (C=O) groups excluding carboxylic acids is 1. The van der Waals surface area contributed by atoms with Crippen LogP contribution in [0.5, 0.6) is 0 Å². The van der Waals surface area contributed by atoms with E-state index in [1.165, 1.54) is 0 Å². The summed E-state index contributed by atoms with van der Waals surface area (Å²) in [5, 5.41) is 0. The summed E-state index contributed by atoms with van der Waals surface area (Å²) in [6.07, 6.45) is 4.84. The van der Waals surface area contributed by atoms with Crippen LogP contribution in [0.4, 0.5) is 0 Å². The molecule has 0 unspecified atom stereocenters. The van der Waals surface area contributed by atoms with Crippen molar-refractivity contribution in [3.8, 4) is 0 Å². The van der Waals surface area contributed by atoms with Crippen LogP contribution in [0.3, 0.4) is 0 Å². The van der Waals surface area contributed by atoms with E-state index in [2.05, 4.69) is 9.97 Å². The molecule has 0 N–H and O–H groups in total. The van der Waals surface area contributed by atoms with Gasteiger partial charge in [-0.3, -0.25) is 14.8 Å². The average molecular weight is 269 g/mol. The predicted octanol–water partition coefficient (Wildman–Crippen LogP) is 1.69. The highest BCUT2D eigenvalue weighted by Gasteiger charge is 2.26. The number of carbonyl (C=O) groups is 1. The third-order valence-electron chi connectivity index (χ3n) is 3.30. The number of hydrogen-bond acceptors (Lipinski definition) is 4. The second-order valence-corrected chi connectivity index (χ2v) is 4.60. The molecule has 5 nitrogen and oxygen atoms in total. The molecule has 0 bridgehead atoms. The fourth-order valence-electron chi connectivity index (χ4n) is 2.26. The quantitative estimate of drug-likeness (QED) is 0.832. The number of pyridine rings is 2. The van der Waals surface area contributed by atoms with E-state index in [1.807, 2.05) is 18.2 Å². The summed E-state index contributed by atoms with van der Waals surface area (Å²) in [6.45, 7) is 1.65. The van der Waals surface area contributed by atoms with Gasteiger partial charge in [-0.15, -0.1) is 0 Å². The van der Waals surface area contributed by atoms with Gasteiger partial charge in [0.05, 0.1) is 18.8 Å². The van der Waals surface area contributed by atoms with Crippen molar-refractivity contribution in [2.24, 2.45) is 0 Å². The van der Waals surface area contributed by atoms with E-state index in [0.717, 1.165) is 5.69 Å². The van der Waals surface area contributed by atoms with Gasteiger partial charge in [0.25, 0.3) is 5.91 Å². The molecule has 1 fully saturated rings. The molecule has 0 saturated carbocycles. The second kappa shape index (κ2) is 5.79. The van der Waals surface area contributed by atoms with Gasteiger partial charge >= 0.3 is 0 Å². The average Bonchev–Trinajstić information content (AvgIpc) is 2.56. The fraction of sp³-hybridized carbons (Fsp3) is 0.267. The van der Waals surface area contributed by atoms with Crippen LogP contribution in [-0.4, -0.2) is 40.5 Å². The van der Waals surface area contributed by atoms with Crippen molar-refractivity contribution in [1.29, 1.82) is 0 Å². The zero-order valence-electron chi connectivity index (χ0n) is 11.0. The van der Waals surface area contributed by atoms with Crippen LogP contribution in [-0.2, 0) is 4.74 Å². The highest BCUT2D eigenvalue weighted by Crippen LogP contribution is 2.21. The minimum absolute atomic E-state index is 0.0108. The second-order valence-electron chi connectivity index (χ2n) is 4.60. The normalized spacial score (nSPS) is 18.8. The van der Waals surface area contributed by atoms with Gasteiger partial charge in [0, 0.05) is 30.7 Å². The van der Waals surface area contributed by atoms with Gasteiger partial charge in [-0.2, -0.15) is 0 Å². The van der Waals surface area contributed by atoms with Gasteiger partial charge < -0.3 is 9.64 Å². The summed E-state index contributed by atoms with van der Waals surface area (Å²) in [4.78, 5) is 22.4. The standard InChI is InChI=1S/C15H15N3O2/c19-15(12-4-7-16-8-5-12)18-9-10-20-14(11-18)13-3-1-2-6-17-13/h1-8,14H,9-11H2/t14-/m0/s1. The Bertz CT molecular complexity index is 574. The molecule has 2 aromatic heterocycles. The van der Waals surface area contributed by atoms with E-state index >= 15 is 0 Å². The van der Waals surface area contributed by atoms with Crippen LogP contribution in [0.25, 0.3) is 0 Å². The van der Waals surface area contributed by atoms with Crippen molar-refractivity contribution in [2.75, 3.05) is 19.7 Å². The van der Waals surface area contributed by atoms with Crippen molar-refractivity contribution in [3.63, 3.8) is 0 Å². The molecule has 3 rings (SSSR count). The molecule has 1 aliphatic heterocycles. The number of amides is 1. The molecular formula is C15H15N3O2. The molecule has 0 spiro atoms. The van der Waals surface area contributed by atoms with Crippen molar-refractivity contribution in [2.45, 2.75) is 6.10 Å². The lowest BCUT2D eigenvalue weighted by molar-refractivity contribution is -0.0247. The molecule has 0 aromatic carbocycles. The zero-order chi connectivity index (χ0) is 13.8. The van der Waals surface area contributed by atoms with E-state index in [-0.39, 0.29) is 12.0 Å². The summed E-state index contributed by atoms with van der Waals surface area (Å²) in [6, 6.07) is 9.17. The lowest BCUT2D eigenvalue weighted by Gasteiger charge is -2.32. The largest absolute Gasteiger partial charge is 0.368 e. The van der Waals surface area contributed by atoms with Gasteiger partial charge in [-0.25, -0.2) is 0 Å². The minimum Gasteiger partial charge on any atom is -0.368 e. The van der Waals surface area contributed by atoms with Crippen LogP contribution in [0.2, 0.25) is 0 Å². The maximum atomic E-state index is 12.4. The maximum Gasteiger partial charge on any atom is 0.254 e. The molecule has 1 atom stereocenters. The zero-order valence-corrected chi connectivity index (χ0v) is 11.0. The van der Waals surface area contributed by atoms with Gasteiger partial charge in [0.2, 0.25) is 0 Å². The Balaban J connectivity index is 1.74. The summed E-state index contributed by atoms with van der Waals surface area (Å²) in [7, 11) is 0. The molecule has 102 valence electrons. The maximum absolute atomic E-state index is 12.4. The molecule has 3 heterocycles. The van der Waals surface area contributed by atoms with E-state index < -0.39 is 0 Å². The number of nitrogens with zero attached hydrogens (tertiary/aromatic N) is 3. The molecule has 1 saturated heterocycles. The lowest BCUT2D eigenvalue weighted by atomic mass is 10.1. The lowest BCUT2D eigenvalue weighted by Crippen LogP contribution is -2.42. The fourth-order valence-corrected chi connectivity index (χ4v) is 2.26. The van der Waals surface area contributed by atoms with Gasteiger partial charge in [-0.1, -0.05) is 6.07 Å². The van der Waals surface area contributed by atoms with Crippen LogP contribution in [0, 0.1) is 0 Å². The first-order valence-electron chi connectivity index (χ1n) is 6.56. The van der Waals surface area contributed by atoms with Crippen molar-refractivity contribution in [1.82, 2.24) is 14.9 Å². The first-order chi connectivity index (χ1) is 9.84. The summed E-state index contributed by atoms with van der Waals surface area (Å²) in [5.41, 5.74) is 1.52. The van der Waals surface area contributed by atoms with Crippen LogP contribution >= 0.6 is 0 Å². The number of ether oxygens (including phenoxy) is 1. The minimum atomic E-state index is -0.157. The smallest absolute Gasteiger partial charge is 0.254 e. The highest BCUT2D eigenvalue weighted by atomic mass is 16.5. The molecule has 0 aliphatic carbocycles.